The summed E-state index contributed by atoms with van der Waals surface area (Å²) >= 11 is 0. The Morgan fingerprint density at radius 3 is 2.53 bits per heavy atom. The zero-order chi connectivity index (χ0) is 13.2. The van der Waals surface area contributed by atoms with Crippen LogP contribution in [0, 0.1) is 0 Å². The number of rotatable bonds is 2. The van der Waals surface area contributed by atoms with Gasteiger partial charge in [-0.3, -0.25) is 4.98 Å². The molecule has 0 spiro atoms. The second-order valence-corrected chi connectivity index (χ2v) is 4.93. The molecule has 1 aliphatic rings. The number of aromatic nitrogens is 1. The summed E-state index contributed by atoms with van der Waals surface area (Å²) in [6, 6.07) is 9.82. The maximum absolute atomic E-state index is 10.8. The summed E-state index contributed by atoms with van der Waals surface area (Å²) in [6.07, 6.45) is 6.24. The van der Waals surface area contributed by atoms with Gasteiger partial charge in [0, 0.05) is 11.8 Å². The van der Waals surface area contributed by atoms with Crippen LogP contribution in [0.4, 0.5) is 0 Å². The third-order valence-corrected chi connectivity index (χ3v) is 3.65. The number of benzene rings is 1. The number of hydrogen-bond donors (Lipinski definition) is 1. The molecule has 0 bridgehead atoms. The molecule has 0 saturated carbocycles. The van der Waals surface area contributed by atoms with Crippen molar-refractivity contribution >= 4 is 5.97 Å². The Morgan fingerprint density at radius 2 is 1.84 bits per heavy atom. The van der Waals surface area contributed by atoms with Crippen LogP contribution in [0.1, 0.15) is 34.3 Å². The van der Waals surface area contributed by atoms with E-state index >= 15 is 0 Å². The fraction of sp³-hybridized carbons (Fsp3) is 0.250. The molecule has 0 saturated heterocycles. The molecule has 96 valence electrons. The minimum Gasteiger partial charge on any atom is -0.478 e. The van der Waals surface area contributed by atoms with E-state index in [1.807, 2.05) is 0 Å². The first-order chi connectivity index (χ1) is 9.24. The summed E-state index contributed by atoms with van der Waals surface area (Å²) in [5.74, 6) is -0.940. The van der Waals surface area contributed by atoms with Gasteiger partial charge in [0.1, 0.15) is 0 Å². The predicted octanol–water partition coefficient (Wildman–Crippen LogP) is 3.33. The van der Waals surface area contributed by atoms with Gasteiger partial charge in [0.15, 0.2) is 0 Å². The van der Waals surface area contributed by atoms with Crippen LogP contribution in [0.5, 0.6) is 0 Å². The highest BCUT2D eigenvalue weighted by Gasteiger charge is 2.11. The van der Waals surface area contributed by atoms with Crippen LogP contribution in [0.3, 0.4) is 0 Å². The van der Waals surface area contributed by atoms with Crippen LogP contribution in [0.2, 0.25) is 0 Å². The second kappa shape index (κ2) is 4.84. The van der Waals surface area contributed by atoms with E-state index in [1.54, 1.807) is 12.1 Å². The van der Waals surface area contributed by atoms with E-state index in [2.05, 4.69) is 23.2 Å². The molecule has 3 heteroatoms. The van der Waals surface area contributed by atoms with Crippen LogP contribution in [0.15, 0.2) is 36.5 Å². The fourth-order valence-corrected chi connectivity index (χ4v) is 2.58. The number of aryl methyl sites for hydroxylation is 2. The highest BCUT2D eigenvalue weighted by molar-refractivity contribution is 5.87. The maximum atomic E-state index is 10.8. The second-order valence-electron chi connectivity index (χ2n) is 4.93. The van der Waals surface area contributed by atoms with Crippen LogP contribution in [-0.4, -0.2) is 16.1 Å². The van der Waals surface area contributed by atoms with E-state index in [4.69, 9.17) is 5.11 Å². The van der Waals surface area contributed by atoms with Crippen molar-refractivity contribution in [1.82, 2.24) is 4.98 Å². The van der Waals surface area contributed by atoms with Gasteiger partial charge in [-0.2, -0.15) is 0 Å². The Labute approximate surface area is 111 Å². The summed E-state index contributed by atoms with van der Waals surface area (Å²) in [7, 11) is 0. The lowest BCUT2D eigenvalue weighted by atomic mass is 9.90. The van der Waals surface area contributed by atoms with Gasteiger partial charge in [-0.15, -0.1) is 0 Å². The van der Waals surface area contributed by atoms with Crippen molar-refractivity contribution in [3.63, 3.8) is 0 Å². The molecule has 0 amide bonds. The van der Waals surface area contributed by atoms with Gasteiger partial charge >= 0.3 is 5.97 Å². The lowest BCUT2D eigenvalue weighted by Crippen LogP contribution is -2.02. The minimum absolute atomic E-state index is 0.224. The van der Waals surface area contributed by atoms with Gasteiger partial charge in [0.2, 0.25) is 0 Å². The number of pyridine rings is 1. The molecule has 0 fully saturated rings. The van der Waals surface area contributed by atoms with E-state index in [-0.39, 0.29) is 5.56 Å². The topological polar surface area (TPSA) is 50.2 Å². The zero-order valence-corrected chi connectivity index (χ0v) is 10.6. The molecule has 1 aromatic carbocycles. The van der Waals surface area contributed by atoms with Crippen molar-refractivity contribution in [2.24, 2.45) is 0 Å². The smallest absolute Gasteiger partial charge is 0.337 e. The number of hydrogen-bond acceptors (Lipinski definition) is 2. The fourth-order valence-electron chi connectivity index (χ4n) is 2.58. The Morgan fingerprint density at radius 1 is 1.05 bits per heavy atom. The van der Waals surface area contributed by atoms with Crippen LogP contribution >= 0.6 is 0 Å². The Kier molecular flexibility index (Phi) is 3.03. The van der Waals surface area contributed by atoms with Crippen molar-refractivity contribution in [1.29, 1.82) is 0 Å². The van der Waals surface area contributed by atoms with Crippen molar-refractivity contribution in [3.8, 4) is 11.3 Å². The SMILES string of the molecule is O=C(O)c1ccc(-c2ccc3c(c2)CCCC3)nc1. The van der Waals surface area contributed by atoms with E-state index in [0.717, 1.165) is 17.7 Å². The summed E-state index contributed by atoms with van der Waals surface area (Å²) in [5, 5.41) is 8.86. The van der Waals surface area contributed by atoms with Crippen LogP contribution in [0.25, 0.3) is 11.3 Å². The lowest BCUT2D eigenvalue weighted by Gasteiger charge is -2.16. The number of carboxylic acid groups (broad SMARTS) is 1. The van der Waals surface area contributed by atoms with Gasteiger partial charge in [-0.25, -0.2) is 4.79 Å². The summed E-state index contributed by atoms with van der Waals surface area (Å²) in [4.78, 5) is 15.0. The number of fused-ring (bicyclic) bond motifs is 1. The highest BCUT2D eigenvalue weighted by atomic mass is 16.4. The molecule has 19 heavy (non-hydrogen) atoms. The van der Waals surface area contributed by atoms with Crippen molar-refractivity contribution in [2.45, 2.75) is 25.7 Å². The number of carbonyl (C=O) groups is 1. The molecule has 3 rings (SSSR count). The summed E-state index contributed by atoms with van der Waals surface area (Å²) in [6.45, 7) is 0. The molecule has 1 aliphatic carbocycles. The third-order valence-electron chi connectivity index (χ3n) is 3.65. The van der Waals surface area contributed by atoms with Crippen LogP contribution in [-0.2, 0) is 12.8 Å². The number of aromatic carboxylic acids is 1. The first-order valence-corrected chi connectivity index (χ1v) is 6.55. The Balaban J connectivity index is 1.95. The van der Waals surface area contributed by atoms with Gasteiger partial charge < -0.3 is 5.11 Å². The van der Waals surface area contributed by atoms with Gasteiger partial charge in [0.25, 0.3) is 0 Å². The summed E-state index contributed by atoms with van der Waals surface area (Å²) in [5.41, 5.74) is 4.97. The molecule has 3 nitrogen and oxygen atoms in total. The van der Waals surface area contributed by atoms with E-state index in [1.165, 1.54) is 36.6 Å². The average Bonchev–Trinajstić information content (AvgIpc) is 2.47. The molecular weight excluding hydrogens is 238 g/mol. The van der Waals surface area contributed by atoms with Crippen molar-refractivity contribution in [3.05, 3.63) is 53.2 Å². The van der Waals surface area contributed by atoms with E-state index in [9.17, 15) is 4.79 Å². The maximum Gasteiger partial charge on any atom is 0.337 e. The zero-order valence-electron chi connectivity index (χ0n) is 10.6. The van der Waals surface area contributed by atoms with Crippen LogP contribution < -0.4 is 0 Å². The van der Waals surface area contributed by atoms with Gasteiger partial charge in [-0.05, 0) is 55.0 Å². The molecule has 2 aromatic rings. The minimum atomic E-state index is -0.940. The Bertz CT molecular complexity index is 617. The first-order valence-electron chi connectivity index (χ1n) is 6.55. The molecule has 0 aliphatic heterocycles. The molecular formula is C16H15NO2. The third kappa shape index (κ3) is 2.36. The quantitative estimate of drug-likeness (QED) is 0.893. The van der Waals surface area contributed by atoms with Gasteiger partial charge in [0.05, 0.1) is 11.3 Å². The normalized spacial score (nSPS) is 13.9. The number of carboxylic acids is 1. The average molecular weight is 253 g/mol. The molecule has 0 atom stereocenters. The number of nitrogens with zero attached hydrogens (tertiary/aromatic N) is 1. The molecule has 0 unspecified atom stereocenters. The molecule has 0 radical (unpaired) electrons. The standard InChI is InChI=1S/C16H15NO2/c18-16(19)14-7-8-15(17-10-14)13-6-5-11-3-1-2-4-12(11)9-13/h5-10H,1-4H2,(H,18,19). The largest absolute Gasteiger partial charge is 0.478 e. The Hall–Kier alpha value is -2.16. The van der Waals surface area contributed by atoms with Crippen molar-refractivity contribution in [2.75, 3.05) is 0 Å². The molecule has 1 N–H and O–H groups in total. The van der Waals surface area contributed by atoms with Crippen molar-refractivity contribution < 1.29 is 9.90 Å². The lowest BCUT2D eigenvalue weighted by molar-refractivity contribution is 0.0696. The van der Waals surface area contributed by atoms with Gasteiger partial charge in [-0.1, -0.05) is 12.1 Å². The molecule has 1 aromatic heterocycles. The van der Waals surface area contributed by atoms with E-state index in [0.29, 0.717) is 0 Å². The highest BCUT2D eigenvalue weighted by Crippen LogP contribution is 2.26. The van der Waals surface area contributed by atoms with E-state index < -0.39 is 5.97 Å². The predicted molar refractivity (Wildman–Crippen MR) is 73.3 cm³/mol. The first kappa shape index (κ1) is 11.9. The summed E-state index contributed by atoms with van der Waals surface area (Å²) < 4.78 is 0. The molecule has 1 heterocycles. The monoisotopic (exact) mass is 253 g/mol.